The summed E-state index contributed by atoms with van der Waals surface area (Å²) in [6.07, 6.45) is 4.68. The van der Waals surface area contributed by atoms with Gasteiger partial charge >= 0.3 is 0 Å². The van der Waals surface area contributed by atoms with Gasteiger partial charge in [-0.3, -0.25) is 9.59 Å². The van der Waals surface area contributed by atoms with E-state index in [1.807, 2.05) is 15.5 Å². The lowest BCUT2D eigenvalue weighted by atomic mass is 10.2. The fraction of sp³-hybridized carbons (Fsp3) is 0.333. The first-order valence-corrected chi connectivity index (χ1v) is 7.08. The highest BCUT2D eigenvalue weighted by molar-refractivity contribution is 6.31. The van der Waals surface area contributed by atoms with E-state index < -0.39 is 0 Å². The van der Waals surface area contributed by atoms with Crippen LogP contribution in [0.4, 0.5) is 0 Å². The van der Waals surface area contributed by atoms with E-state index in [0.29, 0.717) is 10.6 Å². The molecule has 1 aliphatic heterocycles. The number of amides is 1. The Balaban J connectivity index is 1.96. The molecule has 5 heteroatoms. The summed E-state index contributed by atoms with van der Waals surface area (Å²) >= 11 is 6.01. The van der Waals surface area contributed by atoms with Crippen LogP contribution < -0.4 is 0 Å². The predicted molar refractivity (Wildman–Crippen MR) is 78.1 cm³/mol. The molecule has 0 spiro atoms. The van der Waals surface area contributed by atoms with Gasteiger partial charge in [0.05, 0.1) is 5.52 Å². The minimum absolute atomic E-state index is 0.0943. The SMILES string of the molecule is O=Cc1cn(CC(=O)N2CCCC2)c2cc(Cl)ccc12. The number of nitrogens with zero attached hydrogens (tertiary/aromatic N) is 2. The molecule has 0 atom stereocenters. The van der Waals surface area contributed by atoms with Crippen molar-refractivity contribution in [1.82, 2.24) is 9.47 Å². The Morgan fingerprint density at radius 3 is 2.75 bits per heavy atom. The number of likely N-dealkylation sites (tertiary alicyclic amines) is 1. The summed E-state index contributed by atoms with van der Waals surface area (Å²) in [7, 11) is 0. The van der Waals surface area contributed by atoms with Gasteiger partial charge in [0.2, 0.25) is 5.91 Å². The number of carbonyl (C=O) groups is 2. The quantitative estimate of drug-likeness (QED) is 0.816. The van der Waals surface area contributed by atoms with Gasteiger partial charge in [-0.25, -0.2) is 0 Å². The van der Waals surface area contributed by atoms with Crippen LogP contribution in [-0.2, 0) is 11.3 Å². The third-order valence-electron chi connectivity index (χ3n) is 3.77. The van der Waals surface area contributed by atoms with Gasteiger partial charge in [-0.05, 0) is 25.0 Å². The molecule has 1 aromatic carbocycles. The molecule has 0 aliphatic carbocycles. The molecule has 2 aromatic rings. The average molecular weight is 291 g/mol. The second-order valence-corrected chi connectivity index (χ2v) is 5.52. The van der Waals surface area contributed by atoms with Crippen molar-refractivity contribution in [3.05, 3.63) is 35.0 Å². The van der Waals surface area contributed by atoms with Crippen LogP contribution in [0.2, 0.25) is 5.02 Å². The van der Waals surface area contributed by atoms with Gasteiger partial charge in [-0.15, -0.1) is 0 Å². The number of halogens is 1. The van der Waals surface area contributed by atoms with Crippen LogP contribution in [0.25, 0.3) is 10.9 Å². The highest BCUT2D eigenvalue weighted by atomic mass is 35.5. The molecule has 0 bridgehead atoms. The maximum absolute atomic E-state index is 12.2. The second-order valence-electron chi connectivity index (χ2n) is 5.08. The fourth-order valence-corrected chi connectivity index (χ4v) is 2.90. The van der Waals surface area contributed by atoms with Crippen LogP contribution in [0.1, 0.15) is 23.2 Å². The molecule has 1 fully saturated rings. The molecule has 104 valence electrons. The summed E-state index contributed by atoms with van der Waals surface area (Å²) in [5, 5.41) is 1.43. The Morgan fingerprint density at radius 2 is 2.05 bits per heavy atom. The van der Waals surface area contributed by atoms with E-state index in [9.17, 15) is 9.59 Å². The third-order valence-corrected chi connectivity index (χ3v) is 4.00. The molecule has 0 N–H and O–H groups in total. The van der Waals surface area contributed by atoms with Crippen LogP contribution in [-0.4, -0.2) is 34.7 Å². The van der Waals surface area contributed by atoms with E-state index in [2.05, 4.69) is 0 Å². The van der Waals surface area contributed by atoms with Gasteiger partial charge in [-0.2, -0.15) is 0 Å². The molecule has 0 saturated carbocycles. The molecule has 3 rings (SSSR count). The Labute approximate surface area is 121 Å². The lowest BCUT2D eigenvalue weighted by Crippen LogP contribution is -2.30. The number of rotatable bonds is 3. The number of aldehydes is 1. The Kier molecular flexibility index (Phi) is 3.49. The summed E-state index contributed by atoms with van der Waals surface area (Å²) in [6, 6.07) is 5.36. The standard InChI is InChI=1S/C15H15ClN2O2/c16-12-3-4-13-11(10-19)8-18(14(13)7-12)9-15(20)17-5-1-2-6-17/h3-4,7-8,10H,1-2,5-6,9H2. The number of fused-ring (bicyclic) bond motifs is 1. The van der Waals surface area contributed by atoms with E-state index in [0.717, 1.165) is 43.1 Å². The minimum atomic E-state index is 0.0943. The van der Waals surface area contributed by atoms with Gasteiger partial charge in [0.1, 0.15) is 6.54 Å². The van der Waals surface area contributed by atoms with Crippen molar-refractivity contribution in [3.63, 3.8) is 0 Å². The van der Waals surface area contributed by atoms with Gasteiger partial charge in [0.15, 0.2) is 6.29 Å². The number of hydrogen-bond acceptors (Lipinski definition) is 2. The van der Waals surface area contributed by atoms with E-state index in [4.69, 9.17) is 11.6 Å². The highest BCUT2D eigenvalue weighted by Crippen LogP contribution is 2.24. The molecule has 20 heavy (non-hydrogen) atoms. The Hall–Kier alpha value is -1.81. The number of aromatic nitrogens is 1. The zero-order chi connectivity index (χ0) is 14.1. The van der Waals surface area contributed by atoms with E-state index >= 15 is 0 Å². The largest absolute Gasteiger partial charge is 0.341 e. The second kappa shape index (κ2) is 5.29. The average Bonchev–Trinajstić information content (AvgIpc) is 3.07. The topological polar surface area (TPSA) is 42.3 Å². The minimum Gasteiger partial charge on any atom is -0.341 e. The maximum atomic E-state index is 12.2. The van der Waals surface area contributed by atoms with Crippen LogP contribution >= 0.6 is 11.6 Å². The monoisotopic (exact) mass is 290 g/mol. The van der Waals surface area contributed by atoms with Crippen LogP contribution in [0, 0.1) is 0 Å². The molecule has 0 unspecified atom stereocenters. The lowest BCUT2D eigenvalue weighted by molar-refractivity contribution is -0.130. The lowest BCUT2D eigenvalue weighted by Gasteiger charge is -2.16. The van der Waals surface area contributed by atoms with Gasteiger partial charge in [-0.1, -0.05) is 17.7 Å². The van der Waals surface area contributed by atoms with E-state index in [1.54, 1.807) is 18.3 Å². The fourth-order valence-electron chi connectivity index (χ4n) is 2.73. The Morgan fingerprint density at radius 1 is 1.30 bits per heavy atom. The van der Waals surface area contributed by atoms with E-state index in [-0.39, 0.29) is 12.5 Å². The summed E-state index contributed by atoms with van der Waals surface area (Å²) in [4.78, 5) is 25.2. The van der Waals surface area contributed by atoms with Crippen molar-refractivity contribution in [3.8, 4) is 0 Å². The van der Waals surface area contributed by atoms with Crippen molar-refractivity contribution < 1.29 is 9.59 Å². The number of carbonyl (C=O) groups excluding carboxylic acids is 2. The first-order valence-electron chi connectivity index (χ1n) is 6.70. The summed E-state index contributed by atoms with van der Waals surface area (Å²) in [5.41, 5.74) is 1.41. The summed E-state index contributed by atoms with van der Waals surface area (Å²) in [5.74, 6) is 0.0943. The molecular weight excluding hydrogens is 276 g/mol. The molecular formula is C15H15ClN2O2. The molecule has 1 aliphatic rings. The van der Waals surface area contributed by atoms with Gasteiger partial charge in [0, 0.05) is 35.3 Å². The van der Waals surface area contributed by atoms with Crippen LogP contribution in [0.3, 0.4) is 0 Å². The third kappa shape index (κ3) is 2.31. The van der Waals surface area contributed by atoms with Gasteiger partial charge < -0.3 is 9.47 Å². The van der Waals surface area contributed by atoms with Crippen LogP contribution in [0.5, 0.6) is 0 Å². The van der Waals surface area contributed by atoms with Crippen molar-refractivity contribution in [2.75, 3.05) is 13.1 Å². The first kappa shape index (κ1) is 13.2. The van der Waals surface area contributed by atoms with Crippen molar-refractivity contribution in [1.29, 1.82) is 0 Å². The normalized spacial score (nSPS) is 14.9. The van der Waals surface area contributed by atoms with Crippen molar-refractivity contribution >= 4 is 34.7 Å². The van der Waals surface area contributed by atoms with E-state index in [1.165, 1.54) is 0 Å². The highest BCUT2D eigenvalue weighted by Gasteiger charge is 2.19. The molecule has 1 aromatic heterocycles. The zero-order valence-corrected chi connectivity index (χ0v) is 11.8. The molecule has 0 radical (unpaired) electrons. The Bertz CT molecular complexity index is 672. The number of hydrogen-bond donors (Lipinski definition) is 0. The predicted octanol–water partition coefficient (Wildman–Crippen LogP) is 2.73. The zero-order valence-electron chi connectivity index (χ0n) is 11.0. The molecule has 1 saturated heterocycles. The van der Waals surface area contributed by atoms with Crippen molar-refractivity contribution in [2.45, 2.75) is 19.4 Å². The number of benzene rings is 1. The molecule has 4 nitrogen and oxygen atoms in total. The van der Waals surface area contributed by atoms with Crippen LogP contribution in [0.15, 0.2) is 24.4 Å². The first-order chi connectivity index (χ1) is 9.69. The summed E-state index contributed by atoms with van der Waals surface area (Å²) in [6.45, 7) is 1.92. The smallest absolute Gasteiger partial charge is 0.242 e. The molecule has 1 amide bonds. The van der Waals surface area contributed by atoms with Gasteiger partial charge in [0.25, 0.3) is 0 Å². The van der Waals surface area contributed by atoms with Crippen molar-refractivity contribution in [2.24, 2.45) is 0 Å². The molecule has 2 heterocycles. The maximum Gasteiger partial charge on any atom is 0.242 e. The summed E-state index contributed by atoms with van der Waals surface area (Å²) < 4.78 is 1.81.